The Morgan fingerprint density at radius 1 is 1.32 bits per heavy atom. The summed E-state index contributed by atoms with van der Waals surface area (Å²) in [6.45, 7) is 2.29. The maximum absolute atomic E-state index is 10.4. The minimum absolute atomic E-state index is 0.210. The highest BCUT2D eigenvalue weighted by Gasteiger charge is 2.23. The van der Waals surface area contributed by atoms with Crippen molar-refractivity contribution >= 4 is 5.97 Å². The van der Waals surface area contributed by atoms with Crippen LogP contribution >= 0.6 is 0 Å². The van der Waals surface area contributed by atoms with Gasteiger partial charge in [0.15, 0.2) is 5.82 Å². The fourth-order valence-corrected chi connectivity index (χ4v) is 2.61. The number of aryl methyl sites for hydroxylation is 1. The van der Waals surface area contributed by atoms with Gasteiger partial charge in [0.1, 0.15) is 0 Å². The van der Waals surface area contributed by atoms with Gasteiger partial charge in [0.05, 0.1) is 0 Å². The van der Waals surface area contributed by atoms with Crippen LogP contribution < -0.4 is 0 Å². The zero-order valence-electron chi connectivity index (χ0n) is 11.5. The topological polar surface area (TPSA) is 76.2 Å². The first-order valence-electron chi connectivity index (χ1n) is 7.19. The van der Waals surface area contributed by atoms with Crippen LogP contribution in [0.3, 0.4) is 0 Å². The van der Waals surface area contributed by atoms with Crippen molar-refractivity contribution in [2.45, 2.75) is 64.2 Å². The number of carbonyl (C=O) groups is 1. The number of nitrogens with zero attached hydrogens (tertiary/aromatic N) is 2. The van der Waals surface area contributed by atoms with E-state index < -0.39 is 5.97 Å². The molecule has 0 atom stereocenters. The number of hydrogen-bond acceptors (Lipinski definition) is 4. The summed E-state index contributed by atoms with van der Waals surface area (Å²) in [6.07, 6.45) is 7.13. The third kappa shape index (κ3) is 4.33. The molecule has 0 amide bonds. The lowest BCUT2D eigenvalue weighted by atomic mass is 9.83. The second-order valence-electron chi connectivity index (χ2n) is 5.60. The number of unbranched alkanes of at least 4 members (excludes halogenated alkanes) is 1. The summed E-state index contributed by atoms with van der Waals surface area (Å²) in [5.41, 5.74) is 0. The van der Waals surface area contributed by atoms with Crippen LogP contribution in [0.4, 0.5) is 0 Å². The molecule has 0 spiro atoms. The van der Waals surface area contributed by atoms with Crippen LogP contribution in [0.25, 0.3) is 0 Å². The number of rotatable bonds is 6. The van der Waals surface area contributed by atoms with E-state index in [1.54, 1.807) is 0 Å². The van der Waals surface area contributed by atoms with Crippen molar-refractivity contribution in [3.63, 3.8) is 0 Å². The highest BCUT2D eigenvalue weighted by molar-refractivity contribution is 5.66. The lowest BCUT2D eigenvalue weighted by Crippen LogP contribution is -2.12. The van der Waals surface area contributed by atoms with Gasteiger partial charge in [0.25, 0.3) is 0 Å². The maximum Gasteiger partial charge on any atom is 0.303 e. The van der Waals surface area contributed by atoms with Crippen molar-refractivity contribution < 1.29 is 14.4 Å². The van der Waals surface area contributed by atoms with Crippen LogP contribution in [-0.4, -0.2) is 21.2 Å². The van der Waals surface area contributed by atoms with Gasteiger partial charge in [-0.15, -0.1) is 0 Å². The summed E-state index contributed by atoms with van der Waals surface area (Å²) in [7, 11) is 0. The molecule has 2 rings (SSSR count). The fourth-order valence-electron chi connectivity index (χ4n) is 2.61. The molecule has 0 aliphatic heterocycles. The van der Waals surface area contributed by atoms with E-state index in [1.807, 2.05) is 0 Å². The summed E-state index contributed by atoms with van der Waals surface area (Å²) in [5, 5.41) is 12.6. The zero-order chi connectivity index (χ0) is 13.7. The Balaban J connectivity index is 1.77. The van der Waals surface area contributed by atoms with Crippen molar-refractivity contribution in [1.29, 1.82) is 0 Å². The SMILES string of the molecule is CC1CCC(c2noc(CCCCC(=O)O)n2)CC1. The van der Waals surface area contributed by atoms with E-state index in [0.29, 0.717) is 24.7 Å². The Labute approximate surface area is 113 Å². The van der Waals surface area contributed by atoms with Gasteiger partial charge in [-0.05, 0) is 31.6 Å². The van der Waals surface area contributed by atoms with Crippen LogP contribution in [0.1, 0.15) is 69.5 Å². The third-order valence-electron chi connectivity index (χ3n) is 3.90. The predicted octanol–water partition coefficient (Wildman–Crippen LogP) is 3.16. The lowest BCUT2D eigenvalue weighted by Gasteiger charge is -2.23. The molecule has 1 saturated carbocycles. The third-order valence-corrected chi connectivity index (χ3v) is 3.90. The number of carboxylic acids is 1. The summed E-state index contributed by atoms with van der Waals surface area (Å²) in [5.74, 6) is 2.02. The first kappa shape index (κ1) is 14.0. The minimum Gasteiger partial charge on any atom is -0.481 e. The van der Waals surface area contributed by atoms with E-state index in [9.17, 15) is 4.79 Å². The smallest absolute Gasteiger partial charge is 0.303 e. The zero-order valence-corrected chi connectivity index (χ0v) is 11.5. The molecule has 0 bridgehead atoms. The molecule has 1 N–H and O–H groups in total. The summed E-state index contributed by atoms with van der Waals surface area (Å²) in [6, 6.07) is 0. The Morgan fingerprint density at radius 2 is 2.05 bits per heavy atom. The van der Waals surface area contributed by atoms with E-state index in [1.165, 1.54) is 12.8 Å². The lowest BCUT2D eigenvalue weighted by molar-refractivity contribution is -0.137. The quantitative estimate of drug-likeness (QED) is 0.800. The molecule has 1 fully saturated rings. The van der Waals surface area contributed by atoms with Gasteiger partial charge in [0.2, 0.25) is 5.89 Å². The molecular formula is C14H22N2O3. The Kier molecular flexibility index (Phi) is 4.93. The monoisotopic (exact) mass is 266 g/mol. The number of carboxylic acid groups (broad SMARTS) is 1. The highest BCUT2D eigenvalue weighted by atomic mass is 16.5. The Morgan fingerprint density at radius 3 is 2.74 bits per heavy atom. The summed E-state index contributed by atoms with van der Waals surface area (Å²) >= 11 is 0. The first-order valence-corrected chi connectivity index (χ1v) is 7.19. The molecule has 0 radical (unpaired) electrons. The molecule has 19 heavy (non-hydrogen) atoms. The first-order chi connectivity index (χ1) is 9.15. The molecule has 5 nitrogen and oxygen atoms in total. The Bertz CT molecular complexity index is 409. The highest BCUT2D eigenvalue weighted by Crippen LogP contribution is 2.34. The second-order valence-corrected chi connectivity index (χ2v) is 5.60. The standard InChI is InChI=1S/C14H22N2O3/c1-10-6-8-11(9-7-10)14-15-12(19-16-14)4-2-3-5-13(17)18/h10-11H,2-9H2,1H3,(H,17,18). The van der Waals surface area contributed by atoms with Crippen LogP contribution in [0, 0.1) is 5.92 Å². The molecule has 106 valence electrons. The van der Waals surface area contributed by atoms with Crippen LogP contribution in [0.5, 0.6) is 0 Å². The summed E-state index contributed by atoms with van der Waals surface area (Å²) in [4.78, 5) is 14.8. The molecule has 0 unspecified atom stereocenters. The largest absolute Gasteiger partial charge is 0.481 e. The predicted molar refractivity (Wildman–Crippen MR) is 69.9 cm³/mol. The number of aliphatic carboxylic acids is 1. The molecule has 1 aliphatic rings. The van der Waals surface area contributed by atoms with Gasteiger partial charge in [-0.1, -0.05) is 24.9 Å². The van der Waals surface area contributed by atoms with Crippen molar-refractivity contribution in [3.05, 3.63) is 11.7 Å². The molecule has 1 aliphatic carbocycles. The molecule has 0 aromatic carbocycles. The van der Waals surface area contributed by atoms with Crippen LogP contribution in [-0.2, 0) is 11.2 Å². The van der Waals surface area contributed by atoms with E-state index in [4.69, 9.17) is 9.63 Å². The number of aromatic nitrogens is 2. The second kappa shape index (κ2) is 6.68. The van der Waals surface area contributed by atoms with Crippen molar-refractivity contribution in [2.75, 3.05) is 0 Å². The average molecular weight is 266 g/mol. The minimum atomic E-state index is -0.748. The average Bonchev–Trinajstić information content (AvgIpc) is 2.84. The van der Waals surface area contributed by atoms with Crippen molar-refractivity contribution in [1.82, 2.24) is 10.1 Å². The number of hydrogen-bond donors (Lipinski definition) is 1. The van der Waals surface area contributed by atoms with Gasteiger partial charge in [-0.2, -0.15) is 4.98 Å². The molecular weight excluding hydrogens is 244 g/mol. The van der Waals surface area contributed by atoms with Gasteiger partial charge in [0, 0.05) is 18.8 Å². The van der Waals surface area contributed by atoms with Crippen molar-refractivity contribution in [2.24, 2.45) is 5.92 Å². The molecule has 1 aromatic heterocycles. The van der Waals surface area contributed by atoms with Gasteiger partial charge in [-0.3, -0.25) is 4.79 Å². The Hall–Kier alpha value is -1.39. The molecule has 1 aromatic rings. The van der Waals surface area contributed by atoms with Crippen molar-refractivity contribution in [3.8, 4) is 0 Å². The fraction of sp³-hybridized carbons (Fsp3) is 0.786. The van der Waals surface area contributed by atoms with Gasteiger partial charge >= 0.3 is 5.97 Å². The van der Waals surface area contributed by atoms with Gasteiger partial charge < -0.3 is 9.63 Å². The van der Waals surface area contributed by atoms with E-state index in [0.717, 1.165) is 31.0 Å². The van der Waals surface area contributed by atoms with E-state index in [-0.39, 0.29) is 6.42 Å². The molecule has 5 heteroatoms. The molecule has 1 heterocycles. The summed E-state index contributed by atoms with van der Waals surface area (Å²) < 4.78 is 5.24. The van der Waals surface area contributed by atoms with Crippen LogP contribution in [0.15, 0.2) is 4.52 Å². The normalized spacial score (nSPS) is 23.4. The van der Waals surface area contributed by atoms with Crippen LogP contribution in [0.2, 0.25) is 0 Å². The van der Waals surface area contributed by atoms with E-state index >= 15 is 0 Å². The van der Waals surface area contributed by atoms with E-state index in [2.05, 4.69) is 17.1 Å². The molecule has 0 saturated heterocycles. The van der Waals surface area contributed by atoms with Gasteiger partial charge in [-0.25, -0.2) is 0 Å². The maximum atomic E-state index is 10.4.